The number of hydrogen-bond donors (Lipinski definition) is 2. The van der Waals surface area contributed by atoms with E-state index in [4.69, 9.17) is 26.2 Å². The number of aromatic carboxylic acids is 1. The fourth-order valence-electron chi connectivity index (χ4n) is 1.29. The molecule has 1 heterocycles. The molecule has 0 saturated carbocycles. The van der Waals surface area contributed by atoms with Gasteiger partial charge in [0.2, 0.25) is 0 Å². The number of hydrogen-bond acceptors (Lipinski definition) is 5. The molecule has 0 radical (unpaired) electrons. The van der Waals surface area contributed by atoms with E-state index in [-0.39, 0.29) is 16.7 Å². The first-order chi connectivity index (χ1) is 8.58. The molecule has 1 aromatic heterocycles. The van der Waals surface area contributed by atoms with Crippen LogP contribution in [0.1, 0.15) is 10.4 Å². The van der Waals surface area contributed by atoms with E-state index in [1.807, 2.05) is 0 Å². The van der Waals surface area contributed by atoms with Gasteiger partial charge < -0.3 is 19.9 Å². The second-order valence-electron chi connectivity index (χ2n) is 3.55. The first-order valence-electron chi connectivity index (χ1n) is 5.23. The molecule has 1 aromatic rings. The minimum Gasteiger partial charge on any atom is -0.478 e. The number of carbonyl (C=O) groups is 1. The molecule has 100 valence electrons. The summed E-state index contributed by atoms with van der Waals surface area (Å²) in [5.41, 5.74) is 0.0470. The lowest BCUT2D eigenvalue weighted by Gasteiger charge is -2.15. The molecule has 1 unspecified atom stereocenters. The topological polar surface area (TPSA) is 80.7 Å². The monoisotopic (exact) mass is 274 g/mol. The molecule has 0 aliphatic heterocycles. The highest BCUT2D eigenvalue weighted by atomic mass is 35.5. The highest BCUT2D eigenvalue weighted by molar-refractivity contribution is 6.33. The van der Waals surface area contributed by atoms with Crippen molar-refractivity contribution in [3.05, 3.63) is 22.8 Å². The molecule has 0 aliphatic rings. The van der Waals surface area contributed by atoms with Crippen LogP contribution in [0.4, 0.5) is 5.82 Å². The Bertz CT molecular complexity index is 414. The zero-order chi connectivity index (χ0) is 13.5. The van der Waals surface area contributed by atoms with Crippen LogP contribution in [0.5, 0.6) is 0 Å². The molecule has 0 fully saturated rings. The Morgan fingerprint density at radius 2 is 2.33 bits per heavy atom. The van der Waals surface area contributed by atoms with E-state index < -0.39 is 5.97 Å². The number of aromatic nitrogens is 1. The molecule has 0 saturated heterocycles. The van der Waals surface area contributed by atoms with E-state index in [9.17, 15) is 4.79 Å². The van der Waals surface area contributed by atoms with Gasteiger partial charge in [-0.2, -0.15) is 0 Å². The predicted molar refractivity (Wildman–Crippen MR) is 67.4 cm³/mol. The minimum absolute atomic E-state index is 0.0470. The molecule has 0 bridgehead atoms. The average molecular weight is 275 g/mol. The summed E-state index contributed by atoms with van der Waals surface area (Å²) in [4.78, 5) is 14.7. The Morgan fingerprint density at radius 1 is 1.61 bits per heavy atom. The molecule has 0 amide bonds. The molecule has 0 aromatic carbocycles. The van der Waals surface area contributed by atoms with Crippen molar-refractivity contribution in [3.8, 4) is 0 Å². The number of nitrogens with zero attached hydrogens (tertiary/aromatic N) is 1. The summed E-state index contributed by atoms with van der Waals surface area (Å²) in [5, 5.41) is 12.0. The average Bonchev–Trinajstić information content (AvgIpc) is 2.35. The fraction of sp³-hybridized carbons (Fsp3) is 0.455. The van der Waals surface area contributed by atoms with Crippen molar-refractivity contribution in [1.82, 2.24) is 4.98 Å². The number of carboxylic acid groups (broad SMARTS) is 1. The standard InChI is InChI=1S/C11H15ClN2O4/c1-17-6-8(18-2)5-14-10-9(12)3-7(4-13-10)11(15)16/h3-4,8H,5-6H2,1-2H3,(H,13,14)(H,15,16). The molecule has 6 nitrogen and oxygen atoms in total. The quantitative estimate of drug-likeness (QED) is 0.784. The lowest BCUT2D eigenvalue weighted by atomic mass is 10.3. The van der Waals surface area contributed by atoms with Crippen LogP contribution < -0.4 is 5.32 Å². The number of ether oxygens (including phenoxy) is 2. The van der Waals surface area contributed by atoms with Crippen molar-refractivity contribution in [2.24, 2.45) is 0 Å². The zero-order valence-electron chi connectivity index (χ0n) is 10.1. The van der Waals surface area contributed by atoms with E-state index >= 15 is 0 Å². The van der Waals surface area contributed by atoms with E-state index in [1.165, 1.54) is 12.3 Å². The number of rotatable bonds is 7. The third-order valence-corrected chi connectivity index (χ3v) is 2.56. The number of pyridine rings is 1. The molecular formula is C11H15ClN2O4. The van der Waals surface area contributed by atoms with Gasteiger partial charge in [0.1, 0.15) is 5.82 Å². The SMILES string of the molecule is COCC(CNc1ncc(C(=O)O)cc1Cl)OC. The van der Waals surface area contributed by atoms with Crippen LogP contribution in [-0.4, -0.2) is 49.5 Å². The summed E-state index contributed by atoms with van der Waals surface area (Å²) < 4.78 is 10.1. The van der Waals surface area contributed by atoms with E-state index in [0.717, 1.165) is 0 Å². The van der Waals surface area contributed by atoms with E-state index in [1.54, 1.807) is 14.2 Å². The molecule has 1 rings (SSSR count). The van der Waals surface area contributed by atoms with Gasteiger partial charge in [0, 0.05) is 27.0 Å². The van der Waals surface area contributed by atoms with Crippen molar-refractivity contribution in [2.45, 2.75) is 6.10 Å². The second-order valence-corrected chi connectivity index (χ2v) is 3.96. The highest BCUT2D eigenvalue weighted by Gasteiger charge is 2.11. The van der Waals surface area contributed by atoms with Gasteiger partial charge >= 0.3 is 5.97 Å². The van der Waals surface area contributed by atoms with Crippen LogP contribution in [0.15, 0.2) is 12.3 Å². The van der Waals surface area contributed by atoms with Gasteiger partial charge in [0.25, 0.3) is 0 Å². The predicted octanol–water partition coefficient (Wildman–Crippen LogP) is 1.51. The Balaban J connectivity index is 2.65. The van der Waals surface area contributed by atoms with Gasteiger partial charge in [-0.3, -0.25) is 0 Å². The summed E-state index contributed by atoms with van der Waals surface area (Å²) in [6.45, 7) is 0.901. The summed E-state index contributed by atoms with van der Waals surface area (Å²) in [7, 11) is 3.16. The lowest BCUT2D eigenvalue weighted by Crippen LogP contribution is -2.27. The number of methoxy groups -OCH3 is 2. The second kappa shape index (κ2) is 7.15. The van der Waals surface area contributed by atoms with Crippen LogP contribution in [0.3, 0.4) is 0 Å². The fourth-order valence-corrected chi connectivity index (χ4v) is 1.52. The Hall–Kier alpha value is -1.37. The molecule has 0 spiro atoms. The number of nitrogens with one attached hydrogen (secondary N) is 1. The smallest absolute Gasteiger partial charge is 0.337 e. The first kappa shape index (κ1) is 14.7. The highest BCUT2D eigenvalue weighted by Crippen LogP contribution is 2.20. The summed E-state index contributed by atoms with van der Waals surface area (Å²) in [5.74, 6) is -0.648. The number of halogens is 1. The van der Waals surface area contributed by atoms with Crippen LogP contribution in [0, 0.1) is 0 Å². The summed E-state index contributed by atoms with van der Waals surface area (Å²) in [6.07, 6.45) is 1.11. The molecule has 2 N–H and O–H groups in total. The maximum Gasteiger partial charge on any atom is 0.337 e. The van der Waals surface area contributed by atoms with E-state index in [2.05, 4.69) is 10.3 Å². The van der Waals surface area contributed by atoms with Gasteiger partial charge in [-0.05, 0) is 6.07 Å². The van der Waals surface area contributed by atoms with Crippen LogP contribution in [0.25, 0.3) is 0 Å². The van der Waals surface area contributed by atoms with Crippen molar-refractivity contribution in [3.63, 3.8) is 0 Å². The van der Waals surface area contributed by atoms with Gasteiger partial charge in [0.05, 0.1) is 23.3 Å². The Morgan fingerprint density at radius 3 is 2.83 bits per heavy atom. The largest absolute Gasteiger partial charge is 0.478 e. The van der Waals surface area contributed by atoms with Gasteiger partial charge in [-0.25, -0.2) is 9.78 Å². The van der Waals surface area contributed by atoms with Crippen LogP contribution in [0.2, 0.25) is 5.02 Å². The number of anilines is 1. The normalized spacial score (nSPS) is 12.2. The maximum atomic E-state index is 10.7. The lowest BCUT2D eigenvalue weighted by molar-refractivity contribution is 0.0365. The van der Waals surface area contributed by atoms with Crippen molar-refractivity contribution in [2.75, 3.05) is 32.7 Å². The molecule has 0 aliphatic carbocycles. The van der Waals surface area contributed by atoms with Crippen LogP contribution in [-0.2, 0) is 9.47 Å². The van der Waals surface area contributed by atoms with Gasteiger partial charge in [-0.15, -0.1) is 0 Å². The van der Waals surface area contributed by atoms with Gasteiger partial charge in [0.15, 0.2) is 0 Å². The Kier molecular flexibility index (Phi) is 5.84. The summed E-state index contributed by atoms with van der Waals surface area (Å²) in [6, 6.07) is 1.34. The molecule has 18 heavy (non-hydrogen) atoms. The van der Waals surface area contributed by atoms with Crippen LogP contribution >= 0.6 is 11.6 Å². The van der Waals surface area contributed by atoms with Crippen molar-refractivity contribution < 1.29 is 19.4 Å². The third kappa shape index (κ3) is 4.14. The van der Waals surface area contributed by atoms with E-state index in [0.29, 0.717) is 19.0 Å². The molecular weight excluding hydrogens is 260 g/mol. The minimum atomic E-state index is -1.06. The maximum absolute atomic E-state index is 10.7. The Labute approximate surface area is 110 Å². The van der Waals surface area contributed by atoms with Crippen molar-refractivity contribution >= 4 is 23.4 Å². The molecule has 1 atom stereocenters. The number of carboxylic acids is 1. The first-order valence-corrected chi connectivity index (χ1v) is 5.60. The van der Waals surface area contributed by atoms with Crippen molar-refractivity contribution in [1.29, 1.82) is 0 Å². The summed E-state index contributed by atoms with van der Waals surface area (Å²) >= 11 is 5.92. The zero-order valence-corrected chi connectivity index (χ0v) is 10.9. The molecule has 7 heteroatoms. The third-order valence-electron chi connectivity index (χ3n) is 2.27. The van der Waals surface area contributed by atoms with Gasteiger partial charge in [-0.1, -0.05) is 11.6 Å².